The Morgan fingerprint density at radius 1 is 0.964 bits per heavy atom. The van der Waals surface area contributed by atoms with Crippen LogP contribution in [-0.2, 0) is 17.1 Å². The van der Waals surface area contributed by atoms with E-state index in [-0.39, 0.29) is 11.8 Å². The fourth-order valence-corrected chi connectivity index (χ4v) is 3.32. The molecule has 1 heterocycles. The van der Waals surface area contributed by atoms with Gasteiger partial charge in [0, 0.05) is 47.8 Å². The monoisotopic (exact) mass is 391 g/mol. The highest BCUT2D eigenvalue weighted by atomic mass is 32.2. The van der Waals surface area contributed by atoms with E-state index in [0.717, 1.165) is 21.9 Å². The van der Waals surface area contributed by atoms with Crippen LogP contribution in [0.2, 0.25) is 0 Å². The van der Waals surface area contributed by atoms with Crippen molar-refractivity contribution in [1.29, 1.82) is 0 Å². The first-order valence-electron chi connectivity index (χ1n) is 8.86. The van der Waals surface area contributed by atoms with Gasteiger partial charge in [0.05, 0.1) is 0 Å². The number of rotatable bonds is 7. The van der Waals surface area contributed by atoms with E-state index in [1.807, 2.05) is 48.7 Å². The quantitative estimate of drug-likeness (QED) is 0.590. The molecule has 0 atom stereocenters. The Hall–Kier alpha value is -3.12. The van der Waals surface area contributed by atoms with Gasteiger partial charge in [0.1, 0.15) is 0 Å². The van der Waals surface area contributed by atoms with Crippen molar-refractivity contribution in [2.24, 2.45) is 0 Å². The molecule has 0 saturated heterocycles. The molecule has 5 nitrogen and oxygen atoms in total. The number of nitrogens with zero attached hydrogens (tertiary/aromatic N) is 1. The van der Waals surface area contributed by atoms with Crippen molar-refractivity contribution in [1.82, 2.24) is 10.3 Å². The molecule has 0 fully saturated rings. The van der Waals surface area contributed by atoms with E-state index in [4.69, 9.17) is 0 Å². The number of carbonyl (C=O) groups is 2. The zero-order valence-electron chi connectivity index (χ0n) is 15.5. The molecule has 0 spiro atoms. The zero-order valence-corrected chi connectivity index (χ0v) is 16.3. The highest BCUT2D eigenvalue weighted by molar-refractivity contribution is 7.98. The zero-order chi connectivity index (χ0) is 19.8. The van der Waals surface area contributed by atoms with E-state index >= 15 is 0 Å². The smallest absolute Gasteiger partial charge is 0.255 e. The number of amides is 2. The largest absolute Gasteiger partial charge is 0.352 e. The minimum atomic E-state index is -0.165. The molecule has 0 aliphatic carbocycles. The SMILES string of the molecule is CC(=O)NCc1ccc(C(=O)Nc2ccc(SCc3cccnc3)cc2)cc1. The summed E-state index contributed by atoms with van der Waals surface area (Å²) in [5.41, 5.74) is 3.44. The first kappa shape index (κ1) is 19.6. The van der Waals surface area contributed by atoms with Crippen LogP contribution in [0.1, 0.15) is 28.4 Å². The number of anilines is 1. The Morgan fingerprint density at radius 3 is 2.36 bits per heavy atom. The first-order valence-corrected chi connectivity index (χ1v) is 9.85. The molecule has 3 aromatic rings. The number of hydrogen-bond acceptors (Lipinski definition) is 4. The summed E-state index contributed by atoms with van der Waals surface area (Å²) in [4.78, 5) is 28.6. The third kappa shape index (κ3) is 5.96. The molecule has 3 rings (SSSR count). The molecule has 0 unspecified atom stereocenters. The van der Waals surface area contributed by atoms with Crippen LogP contribution in [0.3, 0.4) is 0 Å². The first-order chi connectivity index (χ1) is 13.6. The van der Waals surface area contributed by atoms with Crippen molar-refractivity contribution >= 4 is 29.3 Å². The van der Waals surface area contributed by atoms with E-state index in [1.165, 1.54) is 12.5 Å². The molecule has 0 aliphatic rings. The summed E-state index contributed by atoms with van der Waals surface area (Å²) in [6.07, 6.45) is 3.63. The van der Waals surface area contributed by atoms with E-state index in [1.54, 1.807) is 30.1 Å². The Bertz CT molecular complexity index is 926. The van der Waals surface area contributed by atoms with Crippen LogP contribution >= 0.6 is 11.8 Å². The van der Waals surface area contributed by atoms with Gasteiger partial charge in [-0.1, -0.05) is 18.2 Å². The lowest BCUT2D eigenvalue weighted by Crippen LogP contribution is -2.19. The Morgan fingerprint density at radius 2 is 1.71 bits per heavy atom. The molecule has 6 heteroatoms. The summed E-state index contributed by atoms with van der Waals surface area (Å²) in [7, 11) is 0. The van der Waals surface area contributed by atoms with Gasteiger partial charge < -0.3 is 10.6 Å². The lowest BCUT2D eigenvalue weighted by Gasteiger charge is -2.08. The Kier molecular flexibility index (Phi) is 6.81. The highest BCUT2D eigenvalue weighted by Gasteiger charge is 2.06. The lowest BCUT2D eigenvalue weighted by molar-refractivity contribution is -0.119. The molecule has 28 heavy (non-hydrogen) atoms. The highest BCUT2D eigenvalue weighted by Crippen LogP contribution is 2.24. The minimum Gasteiger partial charge on any atom is -0.352 e. The molecular formula is C22H21N3O2S. The van der Waals surface area contributed by atoms with Gasteiger partial charge in [0.15, 0.2) is 0 Å². The maximum Gasteiger partial charge on any atom is 0.255 e. The van der Waals surface area contributed by atoms with Crippen LogP contribution in [0, 0.1) is 0 Å². The molecule has 0 aliphatic heterocycles. The summed E-state index contributed by atoms with van der Waals surface area (Å²) in [6.45, 7) is 1.93. The summed E-state index contributed by atoms with van der Waals surface area (Å²) in [5.74, 6) is 0.607. The van der Waals surface area contributed by atoms with Crippen LogP contribution in [-0.4, -0.2) is 16.8 Å². The van der Waals surface area contributed by atoms with Crippen LogP contribution < -0.4 is 10.6 Å². The summed E-state index contributed by atoms with van der Waals surface area (Å²) in [6, 6.07) is 18.9. The number of hydrogen-bond donors (Lipinski definition) is 2. The van der Waals surface area contributed by atoms with E-state index in [0.29, 0.717) is 12.1 Å². The number of pyridine rings is 1. The third-order valence-electron chi connectivity index (χ3n) is 4.00. The second-order valence-electron chi connectivity index (χ2n) is 6.24. The van der Waals surface area contributed by atoms with Gasteiger partial charge in [-0.15, -0.1) is 11.8 Å². The van der Waals surface area contributed by atoms with Gasteiger partial charge in [-0.25, -0.2) is 0 Å². The number of aromatic nitrogens is 1. The molecular weight excluding hydrogens is 370 g/mol. The molecule has 0 saturated carbocycles. The van der Waals surface area contributed by atoms with Crippen LogP contribution in [0.4, 0.5) is 5.69 Å². The molecule has 1 aromatic heterocycles. The van der Waals surface area contributed by atoms with Crippen LogP contribution in [0.15, 0.2) is 78.0 Å². The lowest BCUT2D eigenvalue weighted by atomic mass is 10.1. The molecule has 0 bridgehead atoms. The van der Waals surface area contributed by atoms with Gasteiger partial charge in [-0.3, -0.25) is 14.6 Å². The maximum absolute atomic E-state index is 12.4. The average Bonchev–Trinajstić information content (AvgIpc) is 2.73. The predicted octanol–water partition coefficient (Wildman–Crippen LogP) is 4.26. The van der Waals surface area contributed by atoms with Gasteiger partial charge in [-0.05, 0) is 53.6 Å². The molecule has 2 aromatic carbocycles. The van der Waals surface area contributed by atoms with E-state index in [2.05, 4.69) is 21.7 Å². The maximum atomic E-state index is 12.4. The molecule has 142 valence electrons. The third-order valence-corrected chi connectivity index (χ3v) is 5.08. The Labute approximate surface area is 168 Å². The van der Waals surface area contributed by atoms with Crippen molar-refractivity contribution in [3.8, 4) is 0 Å². The average molecular weight is 391 g/mol. The fourth-order valence-electron chi connectivity index (χ4n) is 2.49. The summed E-state index contributed by atoms with van der Waals surface area (Å²) in [5, 5.41) is 5.63. The van der Waals surface area contributed by atoms with E-state index < -0.39 is 0 Å². The fraction of sp³-hybridized carbons (Fsp3) is 0.136. The van der Waals surface area contributed by atoms with Gasteiger partial charge in [0.2, 0.25) is 5.91 Å². The molecule has 2 amide bonds. The van der Waals surface area contributed by atoms with Crippen LogP contribution in [0.25, 0.3) is 0 Å². The number of benzene rings is 2. The van der Waals surface area contributed by atoms with Crippen molar-refractivity contribution in [3.63, 3.8) is 0 Å². The summed E-state index contributed by atoms with van der Waals surface area (Å²) < 4.78 is 0. The van der Waals surface area contributed by atoms with Crippen LogP contribution in [0.5, 0.6) is 0 Å². The second-order valence-corrected chi connectivity index (χ2v) is 7.28. The predicted molar refractivity (Wildman–Crippen MR) is 112 cm³/mol. The van der Waals surface area contributed by atoms with Gasteiger partial charge in [-0.2, -0.15) is 0 Å². The topological polar surface area (TPSA) is 71.1 Å². The number of nitrogens with one attached hydrogen (secondary N) is 2. The number of carbonyl (C=O) groups excluding carboxylic acids is 2. The Balaban J connectivity index is 1.53. The summed E-state index contributed by atoms with van der Waals surface area (Å²) >= 11 is 1.72. The number of thioether (sulfide) groups is 1. The van der Waals surface area contributed by atoms with Crippen molar-refractivity contribution in [2.45, 2.75) is 24.1 Å². The van der Waals surface area contributed by atoms with Crippen molar-refractivity contribution in [2.75, 3.05) is 5.32 Å². The van der Waals surface area contributed by atoms with Gasteiger partial charge in [0.25, 0.3) is 5.91 Å². The van der Waals surface area contributed by atoms with Crippen molar-refractivity contribution < 1.29 is 9.59 Å². The van der Waals surface area contributed by atoms with Crippen molar-refractivity contribution in [3.05, 3.63) is 89.7 Å². The second kappa shape index (κ2) is 9.71. The molecule has 0 radical (unpaired) electrons. The van der Waals surface area contributed by atoms with E-state index in [9.17, 15) is 9.59 Å². The van der Waals surface area contributed by atoms with Gasteiger partial charge >= 0.3 is 0 Å². The minimum absolute atomic E-state index is 0.0798. The standard InChI is InChI=1S/C22H21N3O2S/c1-16(26)24-14-17-4-6-19(7-5-17)22(27)25-20-8-10-21(11-9-20)28-15-18-3-2-12-23-13-18/h2-13H,14-15H2,1H3,(H,24,26)(H,25,27). The normalized spacial score (nSPS) is 10.3. The molecule has 2 N–H and O–H groups in total.